The second-order valence-corrected chi connectivity index (χ2v) is 5.34. The van der Waals surface area contributed by atoms with Crippen molar-refractivity contribution in [3.05, 3.63) is 45.5 Å². The first-order chi connectivity index (χ1) is 8.50. The van der Waals surface area contributed by atoms with E-state index in [1.807, 2.05) is 0 Å². The van der Waals surface area contributed by atoms with E-state index in [0.29, 0.717) is 0 Å². The average molecular weight is 243 g/mol. The summed E-state index contributed by atoms with van der Waals surface area (Å²) in [5.41, 5.74) is 8.36. The predicted molar refractivity (Wildman–Crippen MR) is 81.2 cm³/mol. The van der Waals surface area contributed by atoms with E-state index < -0.39 is 0 Å². The topological polar surface area (TPSA) is 0 Å². The number of rotatable bonds is 5. The van der Waals surface area contributed by atoms with Crippen molar-refractivity contribution in [2.45, 2.75) is 67.2 Å². The fraction of sp³-hybridized carbons (Fsp3) is 0.556. The van der Waals surface area contributed by atoms with Gasteiger partial charge in [-0.15, -0.1) is 0 Å². The van der Waals surface area contributed by atoms with Crippen LogP contribution in [-0.2, 0) is 0 Å². The van der Waals surface area contributed by atoms with Gasteiger partial charge in [0, 0.05) is 0 Å². The largest absolute Gasteiger partial charge is 0.0760 e. The normalized spacial score (nSPS) is 11.4. The highest BCUT2D eigenvalue weighted by Gasteiger charge is 2.09. The number of benzene rings is 1. The van der Waals surface area contributed by atoms with E-state index in [1.165, 1.54) is 52.6 Å². The first kappa shape index (κ1) is 15.0. The summed E-state index contributed by atoms with van der Waals surface area (Å²) in [6.45, 7) is 13.3. The van der Waals surface area contributed by atoms with Gasteiger partial charge < -0.3 is 0 Å². The molecule has 1 radical (unpaired) electrons. The van der Waals surface area contributed by atoms with Crippen LogP contribution >= 0.6 is 0 Å². The van der Waals surface area contributed by atoms with Crippen LogP contribution in [0.4, 0.5) is 0 Å². The fourth-order valence-corrected chi connectivity index (χ4v) is 2.39. The molecule has 0 N–H and O–H groups in total. The molecule has 0 saturated heterocycles. The quantitative estimate of drug-likeness (QED) is 0.598. The minimum atomic E-state index is 1.15. The Labute approximate surface area is 113 Å². The van der Waals surface area contributed by atoms with Crippen molar-refractivity contribution in [1.29, 1.82) is 0 Å². The molecule has 1 aromatic rings. The summed E-state index contributed by atoms with van der Waals surface area (Å²) in [6.07, 6.45) is 10.8. The third kappa shape index (κ3) is 3.25. The highest BCUT2D eigenvalue weighted by atomic mass is 14.1. The van der Waals surface area contributed by atoms with Crippen molar-refractivity contribution in [2.24, 2.45) is 0 Å². The summed E-state index contributed by atoms with van der Waals surface area (Å²) in [7, 11) is 0. The number of allylic oxidation sites excluding steroid dienone is 1. The van der Waals surface area contributed by atoms with Gasteiger partial charge in [-0.3, -0.25) is 0 Å². The van der Waals surface area contributed by atoms with Crippen LogP contribution in [0.2, 0.25) is 0 Å². The minimum absolute atomic E-state index is 1.15. The molecule has 0 aliphatic rings. The predicted octanol–water partition coefficient (Wildman–Crippen LogP) is 5.52. The molecule has 99 valence electrons. The first-order valence-corrected chi connectivity index (χ1v) is 7.15. The molecule has 0 aliphatic heterocycles. The Morgan fingerprint density at radius 3 is 1.78 bits per heavy atom. The van der Waals surface area contributed by atoms with E-state index in [9.17, 15) is 0 Å². The highest BCUT2D eigenvalue weighted by Crippen LogP contribution is 2.26. The molecule has 0 spiro atoms. The fourth-order valence-electron chi connectivity index (χ4n) is 2.39. The molecule has 0 unspecified atom stereocenters. The Kier molecular flexibility index (Phi) is 5.65. The zero-order valence-corrected chi connectivity index (χ0v) is 12.9. The van der Waals surface area contributed by atoms with Crippen molar-refractivity contribution in [2.75, 3.05) is 0 Å². The second-order valence-electron chi connectivity index (χ2n) is 5.34. The molecule has 0 atom stereocenters. The molecule has 18 heavy (non-hydrogen) atoms. The van der Waals surface area contributed by atoms with Gasteiger partial charge in [-0.05, 0) is 86.9 Å². The van der Waals surface area contributed by atoms with E-state index in [0.717, 1.165) is 6.42 Å². The third-order valence-electron chi connectivity index (χ3n) is 4.20. The van der Waals surface area contributed by atoms with Crippen LogP contribution in [0.5, 0.6) is 0 Å². The Morgan fingerprint density at radius 1 is 0.778 bits per heavy atom. The van der Waals surface area contributed by atoms with E-state index in [2.05, 4.69) is 53.7 Å². The van der Waals surface area contributed by atoms with Crippen LogP contribution in [0.15, 0.2) is 6.08 Å². The molecule has 0 saturated carbocycles. The standard InChI is InChI=1S/C18H27/c1-7-8-9-10-11-12-18-16(5)14(3)13(2)15(4)17(18)6/h11H,7-10H2,1-6H3. The Bertz CT molecular complexity index is 407. The van der Waals surface area contributed by atoms with Gasteiger partial charge >= 0.3 is 0 Å². The van der Waals surface area contributed by atoms with Gasteiger partial charge in [0.05, 0.1) is 0 Å². The highest BCUT2D eigenvalue weighted by molar-refractivity contribution is 5.51. The van der Waals surface area contributed by atoms with Crippen LogP contribution in [-0.4, -0.2) is 0 Å². The lowest BCUT2D eigenvalue weighted by Gasteiger charge is -2.16. The maximum atomic E-state index is 3.52. The molecular weight excluding hydrogens is 216 g/mol. The summed E-state index contributed by atoms with van der Waals surface area (Å²) in [4.78, 5) is 0. The Morgan fingerprint density at radius 2 is 1.28 bits per heavy atom. The van der Waals surface area contributed by atoms with Crippen LogP contribution in [0, 0.1) is 40.7 Å². The van der Waals surface area contributed by atoms with Crippen molar-refractivity contribution >= 4 is 0 Å². The molecule has 0 heteroatoms. The lowest BCUT2D eigenvalue weighted by molar-refractivity contribution is 0.728. The van der Waals surface area contributed by atoms with Gasteiger partial charge in [-0.2, -0.15) is 0 Å². The van der Waals surface area contributed by atoms with E-state index >= 15 is 0 Å². The molecule has 1 rings (SSSR count). The molecule has 0 bridgehead atoms. The zero-order chi connectivity index (χ0) is 13.7. The maximum absolute atomic E-state index is 3.52. The number of unbranched alkanes of at least 4 members (excludes halogenated alkanes) is 3. The van der Waals surface area contributed by atoms with Crippen LogP contribution in [0.3, 0.4) is 0 Å². The minimum Gasteiger partial charge on any atom is -0.0760 e. The zero-order valence-electron chi connectivity index (χ0n) is 12.9. The second kappa shape index (κ2) is 6.78. The average Bonchev–Trinajstić information content (AvgIpc) is 2.37. The Hall–Kier alpha value is -1.04. The molecule has 0 nitrogen and oxygen atoms in total. The maximum Gasteiger partial charge on any atom is -0.0117 e. The monoisotopic (exact) mass is 243 g/mol. The van der Waals surface area contributed by atoms with Crippen molar-refractivity contribution in [3.63, 3.8) is 0 Å². The lowest BCUT2D eigenvalue weighted by Crippen LogP contribution is -1.99. The van der Waals surface area contributed by atoms with E-state index in [-0.39, 0.29) is 0 Å². The van der Waals surface area contributed by atoms with Gasteiger partial charge in [-0.25, -0.2) is 0 Å². The molecule has 1 aromatic carbocycles. The van der Waals surface area contributed by atoms with Crippen molar-refractivity contribution in [1.82, 2.24) is 0 Å². The molecule has 0 aliphatic carbocycles. The Balaban J connectivity index is 2.96. The summed E-state index contributed by atoms with van der Waals surface area (Å²) >= 11 is 0. The first-order valence-electron chi connectivity index (χ1n) is 7.15. The SMILES string of the molecule is CCCCC/C=[C]\c1c(C)c(C)c(C)c(C)c1C. The lowest BCUT2D eigenvalue weighted by atomic mass is 9.89. The number of hydrogen-bond donors (Lipinski definition) is 0. The summed E-state index contributed by atoms with van der Waals surface area (Å²) in [5.74, 6) is 0. The van der Waals surface area contributed by atoms with Crippen LogP contribution < -0.4 is 0 Å². The summed E-state index contributed by atoms with van der Waals surface area (Å²) < 4.78 is 0. The molecule has 0 heterocycles. The van der Waals surface area contributed by atoms with Crippen LogP contribution in [0.25, 0.3) is 0 Å². The van der Waals surface area contributed by atoms with Gasteiger partial charge in [0.1, 0.15) is 0 Å². The van der Waals surface area contributed by atoms with Gasteiger partial charge in [0.25, 0.3) is 0 Å². The van der Waals surface area contributed by atoms with Gasteiger partial charge in [0.2, 0.25) is 0 Å². The smallest absolute Gasteiger partial charge is 0.0117 e. The van der Waals surface area contributed by atoms with Crippen LogP contribution in [0.1, 0.15) is 66.0 Å². The van der Waals surface area contributed by atoms with Gasteiger partial charge in [0.15, 0.2) is 0 Å². The van der Waals surface area contributed by atoms with Crippen molar-refractivity contribution < 1.29 is 0 Å². The van der Waals surface area contributed by atoms with Crippen molar-refractivity contribution in [3.8, 4) is 0 Å². The number of hydrogen-bond acceptors (Lipinski definition) is 0. The molecule has 0 fully saturated rings. The van der Waals surface area contributed by atoms with Gasteiger partial charge in [-0.1, -0.05) is 25.8 Å². The summed E-state index contributed by atoms with van der Waals surface area (Å²) in [5, 5.41) is 0. The molecular formula is C18H27. The summed E-state index contributed by atoms with van der Waals surface area (Å²) in [6, 6.07) is 0. The third-order valence-corrected chi connectivity index (χ3v) is 4.20. The van der Waals surface area contributed by atoms with E-state index in [4.69, 9.17) is 0 Å². The molecule has 0 aromatic heterocycles. The molecule has 0 amide bonds. The van der Waals surface area contributed by atoms with E-state index in [1.54, 1.807) is 0 Å².